The monoisotopic (exact) mass is 451 g/mol. The molecule has 4 aromatic carbocycles. The Kier molecular flexibility index (Phi) is 4.76. The van der Waals surface area contributed by atoms with Crippen molar-refractivity contribution in [2.45, 2.75) is 18.0 Å². The topological polar surface area (TPSA) is 67.9 Å². The summed E-state index contributed by atoms with van der Waals surface area (Å²) in [6, 6.07) is 34.4. The summed E-state index contributed by atoms with van der Waals surface area (Å²) in [4.78, 5) is 16.2. The highest BCUT2D eigenvalue weighted by Gasteiger charge is 2.63. The van der Waals surface area contributed by atoms with E-state index in [-0.39, 0.29) is 5.78 Å². The smallest absolute Gasteiger partial charge is 0.185 e. The SMILES string of the molecule is N#CC1(C#N)[C@H](c2ccccc2)[C@@H](C(=O)c2ccccc2)N2c3ccc4ccccc4c3C=C[C@@H]21. The van der Waals surface area contributed by atoms with E-state index in [4.69, 9.17) is 0 Å². The third-order valence-corrected chi connectivity index (χ3v) is 7.40. The van der Waals surface area contributed by atoms with Crippen LogP contribution in [0, 0.1) is 28.1 Å². The molecule has 4 aromatic rings. The van der Waals surface area contributed by atoms with Crippen LogP contribution >= 0.6 is 0 Å². The quantitative estimate of drug-likeness (QED) is 0.352. The van der Waals surface area contributed by atoms with Gasteiger partial charge in [0.25, 0.3) is 0 Å². The number of nitrogens with zero attached hydrogens (tertiary/aromatic N) is 3. The molecule has 0 spiro atoms. The van der Waals surface area contributed by atoms with Crippen LogP contribution in [0.25, 0.3) is 16.8 Å². The van der Waals surface area contributed by atoms with Crippen molar-refractivity contribution < 1.29 is 4.79 Å². The van der Waals surface area contributed by atoms with Crippen molar-refractivity contribution in [3.63, 3.8) is 0 Å². The second-order valence-electron chi connectivity index (χ2n) is 9.09. The summed E-state index contributed by atoms with van der Waals surface area (Å²) in [5.41, 5.74) is 1.83. The summed E-state index contributed by atoms with van der Waals surface area (Å²) in [5.74, 6) is -0.718. The molecular weight excluding hydrogens is 430 g/mol. The third-order valence-electron chi connectivity index (χ3n) is 7.40. The molecule has 166 valence electrons. The molecule has 0 amide bonds. The predicted molar refractivity (Wildman–Crippen MR) is 137 cm³/mol. The van der Waals surface area contributed by atoms with Gasteiger partial charge in [-0.3, -0.25) is 4.79 Å². The molecule has 6 rings (SSSR count). The second kappa shape index (κ2) is 7.97. The number of rotatable bonds is 3. The van der Waals surface area contributed by atoms with Gasteiger partial charge in [0.05, 0.1) is 18.2 Å². The van der Waals surface area contributed by atoms with Crippen LogP contribution in [0.1, 0.15) is 27.4 Å². The number of benzene rings is 4. The lowest BCUT2D eigenvalue weighted by atomic mass is 9.69. The summed E-state index contributed by atoms with van der Waals surface area (Å²) in [7, 11) is 0. The molecular formula is C31H21N3O. The Bertz CT molecular complexity index is 1550. The second-order valence-corrected chi connectivity index (χ2v) is 9.09. The molecule has 35 heavy (non-hydrogen) atoms. The maximum atomic E-state index is 14.2. The van der Waals surface area contributed by atoms with Gasteiger partial charge in [-0.05, 0) is 22.4 Å². The van der Waals surface area contributed by atoms with Gasteiger partial charge in [-0.15, -0.1) is 0 Å². The van der Waals surface area contributed by atoms with Crippen molar-refractivity contribution in [3.05, 3.63) is 120 Å². The Morgan fingerprint density at radius 2 is 1.46 bits per heavy atom. The van der Waals surface area contributed by atoms with E-state index in [1.165, 1.54) is 0 Å². The van der Waals surface area contributed by atoms with Crippen LogP contribution in [0.4, 0.5) is 5.69 Å². The first-order chi connectivity index (χ1) is 17.2. The van der Waals surface area contributed by atoms with Crippen molar-refractivity contribution in [2.24, 2.45) is 5.41 Å². The van der Waals surface area contributed by atoms with Gasteiger partial charge >= 0.3 is 0 Å². The van der Waals surface area contributed by atoms with E-state index >= 15 is 0 Å². The zero-order chi connectivity index (χ0) is 24.0. The Balaban J connectivity index is 1.65. The lowest BCUT2D eigenvalue weighted by Crippen LogP contribution is -2.44. The summed E-state index contributed by atoms with van der Waals surface area (Å²) in [5, 5.41) is 23.2. The summed E-state index contributed by atoms with van der Waals surface area (Å²) in [6.45, 7) is 0. The minimum atomic E-state index is -1.43. The molecule has 2 heterocycles. The van der Waals surface area contributed by atoms with Crippen LogP contribution in [0.5, 0.6) is 0 Å². The standard InChI is InChI=1S/C31H21N3O/c32-19-31(20-33)27-18-16-25-24-14-8-7-9-21(24)15-17-26(25)34(27)29(28(31)22-10-3-1-4-11-22)30(35)23-12-5-2-6-13-23/h1-18,27-29H/t27-,28-,29+/m1/s1. The minimum absolute atomic E-state index is 0.0914. The molecule has 0 bridgehead atoms. The summed E-state index contributed by atoms with van der Waals surface area (Å²) < 4.78 is 0. The highest BCUT2D eigenvalue weighted by Crippen LogP contribution is 2.56. The van der Waals surface area contributed by atoms with Gasteiger partial charge in [-0.2, -0.15) is 10.5 Å². The molecule has 3 atom stereocenters. The van der Waals surface area contributed by atoms with E-state index in [1.807, 2.05) is 89.8 Å². The van der Waals surface area contributed by atoms with E-state index < -0.39 is 23.4 Å². The average molecular weight is 452 g/mol. The van der Waals surface area contributed by atoms with Crippen molar-refractivity contribution in [3.8, 4) is 12.1 Å². The summed E-state index contributed by atoms with van der Waals surface area (Å²) in [6.07, 6.45) is 3.95. The molecule has 4 nitrogen and oxygen atoms in total. The number of nitriles is 2. The maximum absolute atomic E-state index is 14.2. The van der Waals surface area contributed by atoms with Crippen LogP contribution < -0.4 is 4.90 Å². The zero-order valence-electron chi connectivity index (χ0n) is 18.9. The number of Topliss-reactive ketones (excluding diaryl/α,β-unsaturated/α-hetero) is 1. The van der Waals surface area contributed by atoms with Gasteiger partial charge < -0.3 is 4.90 Å². The molecule has 0 aliphatic carbocycles. The number of anilines is 1. The van der Waals surface area contributed by atoms with E-state index in [0.717, 1.165) is 27.6 Å². The Labute approximate surface area is 204 Å². The maximum Gasteiger partial charge on any atom is 0.185 e. The first-order valence-corrected chi connectivity index (χ1v) is 11.6. The fourth-order valence-electron chi connectivity index (χ4n) is 5.85. The number of fused-ring (bicyclic) bond motifs is 5. The Morgan fingerprint density at radius 1 is 0.800 bits per heavy atom. The fourth-order valence-corrected chi connectivity index (χ4v) is 5.85. The van der Waals surface area contributed by atoms with Crippen LogP contribution in [-0.2, 0) is 0 Å². The predicted octanol–water partition coefficient (Wildman–Crippen LogP) is 6.12. The molecule has 2 aliphatic heterocycles. The number of carbonyl (C=O) groups is 1. The van der Waals surface area contributed by atoms with E-state index in [1.54, 1.807) is 12.1 Å². The normalized spacial score (nSPS) is 21.5. The van der Waals surface area contributed by atoms with Crippen LogP contribution in [0.15, 0.2) is 103 Å². The Hall–Kier alpha value is -4.67. The first-order valence-electron chi connectivity index (χ1n) is 11.6. The highest BCUT2D eigenvalue weighted by molar-refractivity contribution is 6.06. The lowest BCUT2D eigenvalue weighted by Gasteiger charge is -2.36. The third kappa shape index (κ3) is 2.94. The van der Waals surface area contributed by atoms with Gasteiger partial charge in [0.15, 0.2) is 11.2 Å². The molecule has 1 fully saturated rings. The number of carbonyl (C=O) groups excluding carboxylic acids is 1. The van der Waals surface area contributed by atoms with Crippen LogP contribution in [-0.4, -0.2) is 17.9 Å². The van der Waals surface area contributed by atoms with E-state index in [0.29, 0.717) is 5.56 Å². The number of hydrogen-bond donors (Lipinski definition) is 0. The first kappa shape index (κ1) is 20.9. The highest BCUT2D eigenvalue weighted by atomic mass is 16.1. The van der Waals surface area contributed by atoms with Gasteiger partial charge in [0.2, 0.25) is 0 Å². The van der Waals surface area contributed by atoms with E-state index in [9.17, 15) is 15.3 Å². The van der Waals surface area contributed by atoms with Gasteiger partial charge in [-0.25, -0.2) is 0 Å². The van der Waals surface area contributed by atoms with Gasteiger partial charge in [-0.1, -0.05) is 103 Å². The molecule has 0 N–H and O–H groups in total. The van der Waals surface area contributed by atoms with Crippen molar-refractivity contribution in [2.75, 3.05) is 4.90 Å². The molecule has 1 saturated heterocycles. The fraction of sp³-hybridized carbons (Fsp3) is 0.129. The van der Waals surface area contributed by atoms with Gasteiger partial charge in [0.1, 0.15) is 6.04 Å². The molecule has 0 saturated carbocycles. The molecule has 2 aliphatic rings. The molecule has 0 radical (unpaired) electrons. The van der Waals surface area contributed by atoms with E-state index in [2.05, 4.69) is 24.3 Å². The molecule has 0 unspecified atom stereocenters. The largest absolute Gasteiger partial charge is 0.351 e. The minimum Gasteiger partial charge on any atom is -0.351 e. The zero-order valence-corrected chi connectivity index (χ0v) is 18.9. The lowest BCUT2D eigenvalue weighted by molar-refractivity contribution is 0.0951. The molecule has 4 heteroatoms. The van der Waals surface area contributed by atoms with Crippen molar-refractivity contribution in [1.82, 2.24) is 0 Å². The number of ketones is 1. The van der Waals surface area contributed by atoms with Crippen molar-refractivity contribution in [1.29, 1.82) is 10.5 Å². The Morgan fingerprint density at radius 3 is 2.17 bits per heavy atom. The van der Waals surface area contributed by atoms with Gasteiger partial charge in [0, 0.05) is 22.7 Å². The van der Waals surface area contributed by atoms with Crippen LogP contribution in [0.2, 0.25) is 0 Å². The van der Waals surface area contributed by atoms with Crippen LogP contribution in [0.3, 0.4) is 0 Å². The summed E-state index contributed by atoms with van der Waals surface area (Å²) >= 11 is 0. The number of hydrogen-bond acceptors (Lipinski definition) is 4. The average Bonchev–Trinajstić information content (AvgIpc) is 3.24. The van der Waals surface area contributed by atoms with Crippen molar-refractivity contribution >= 4 is 28.3 Å². The molecule has 0 aromatic heterocycles.